The van der Waals surface area contributed by atoms with Gasteiger partial charge in [0.2, 0.25) is 0 Å². The van der Waals surface area contributed by atoms with Gasteiger partial charge in [-0.25, -0.2) is 14.5 Å². The lowest BCUT2D eigenvalue weighted by molar-refractivity contribution is -0.274. The summed E-state index contributed by atoms with van der Waals surface area (Å²) in [5.41, 5.74) is 5.14. The molecule has 0 saturated carbocycles. The standard InChI is InChI=1S/C32H30F3N7O2S/c1-20(2)28-21(3)6-4-7-27(28)41-16-5-17-45-31(41)39-30(43)38-26(18-36)22-8-10-23(11-9-22)29-37-19-42(40-29)24-12-14-25(15-13-24)44-32(33,34)35/h4,6-15,19-20,26H,5,16-17H2,1-3H3,(H,38,43)/b39-31-. The molecule has 3 aromatic carbocycles. The van der Waals surface area contributed by atoms with Crippen LogP contribution in [0.2, 0.25) is 0 Å². The Balaban J connectivity index is 1.28. The van der Waals surface area contributed by atoms with Crippen LogP contribution in [0.15, 0.2) is 78.0 Å². The maximum atomic E-state index is 13.1. The molecule has 1 fully saturated rings. The number of benzene rings is 3. The Hall–Kier alpha value is -4.83. The predicted molar refractivity (Wildman–Crippen MR) is 167 cm³/mol. The van der Waals surface area contributed by atoms with Crippen molar-refractivity contribution in [1.82, 2.24) is 20.1 Å². The first-order valence-electron chi connectivity index (χ1n) is 14.2. The van der Waals surface area contributed by atoms with Crippen LogP contribution in [0.25, 0.3) is 17.1 Å². The lowest BCUT2D eigenvalue weighted by Gasteiger charge is -2.32. The Morgan fingerprint density at radius 2 is 1.84 bits per heavy atom. The average molecular weight is 634 g/mol. The van der Waals surface area contributed by atoms with Crippen molar-refractivity contribution >= 4 is 28.6 Å². The van der Waals surface area contributed by atoms with E-state index in [2.05, 4.69) is 69.0 Å². The average Bonchev–Trinajstić information content (AvgIpc) is 3.50. The first-order valence-corrected chi connectivity index (χ1v) is 15.2. The van der Waals surface area contributed by atoms with Gasteiger partial charge >= 0.3 is 12.4 Å². The third kappa shape index (κ3) is 7.64. The number of anilines is 1. The molecule has 1 aromatic heterocycles. The number of thioether (sulfide) groups is 1. The molecular weight excluding hydrogens is 603 g/mol. The fourth-order valence-corrected chi connectivity index (χ4v) is 6.05. The van der Waals surface area contributed by atoms with Crippen LogP contribution >= 0.6 is 11.8 Å². The fourth-order valence-electron chi connectivity index (χ4n) is 5.11. The maximum absolute atomic E-state index is 13.1. The molecule has 0 radical (unpaired) electrons. The molecule has 1 N–H and O–H groups in total. The zero-order chi connectivity index (χ0) is 32.1. The molecule has 1 aliphatic rings. The zero-order valence-electron chi connectivity index (χ0n) is 24.7. The molecule has 5 rings (SSSR count). The summed E-state index contributed by atoms with van der Waals surface area (Å²) in [5, 5.41) is 17.6. The van der Waals surface area contributed by atoms with E-state index < -0.39 is 18.4 Å². The largest absolute Gasteiger partial charge is 0.573 e. The second-order valence-corrected chi connectivity index (χ2v) is 11.7. The van der Waals surface area contributed by atoms with E-state index in [1.54, 1.807) is 24.3 Å². The Labute approximate surface area is 262 Å². The molecule has 1 atom stereocenters. The molecule has 4 aromatic rings. The summed E-state index contributed by atoms with van der Waals surface area (Å²) in [6.07, 6.45) is -2.38. The number of alkyl halides is 3. The number of amidine groups is 1. The lowest BCUT2D eigenvalue weighted by Crippen LogP contribution is -2.37. The van der Waals surface area contributed by atoms with Gasteiger partial charge in [0.05, 0.1) is 11.8 Å². The minimum absolute atomic E-state index is 0.298. The van der Waals surface area contributed by atoms with Crippen molar-refractivity contribution in [2.45, 2.75) is 45.5 Å². The van der Waals surface area contributed by atoms with Crippen LogP contribution in [0.5, 0.6) is 5.75 Å². The number of halogens is 3. The third-order valence-electron chi connectivity index (χ3n) is 7.08. The normalized spacial score (nSPS) is 15.2. The quantitative estimate of drug-likeness (QED) is 0.224. The summed E-state index contributed by atoms with van der Waals surface area (Å²) in [7, 11) is 0. The van der Waals surface area contributed by atoms with E-state index in [1.807, 2.05) is 6.07 Å². The number of aliphatic imine (C=N–C) groups is 1. The summed E-state index contributed by atoms with van der Waals surface area (Å²) in [6.45, 7) is 7.13. The van der Waals surface area contributed by atoms with E-state index in [0.717, 1.165) is 24.4 Å². The van der Waals surface area contributed by atoms with E-state index in [0.29, 0.717) is 33.7 Å². The molecule has 2 amide bonds. The topological polar surface area (TPSA) is 108 Å². The molecule has 13 heteroatoms. The van der Waals surface area contributed by atoms with Crippen molar-refractivity contribution in [2.24, 2.45) is 4.99 Å². The maximum Gasteiger partial charge on any atom is 0.573 e. The Bertz CT molecular complexity index is 1730. The van der Waals surface area contributed by atoms with Gasteiger partial charge in [0, 0.05) is 23.5 Å². The summed E-state index contributed by atoms with van der Waals surface area (Å²) < 4.78 is 42.6. The number of aromatic nitrogens is 3. The van der Waals surface area contributed by atoms with Gasteiger partial charge in [0.15, 0.2) is 11.0 Å². The van der Waals surface area contributed by atoms with Gasteiger partial charge in [-0.2, -0.15) is 10.3 Å². The van der Waals surface area contributed by atoms with Crippen LogP contribution < -0.4 is 15.0 Å². The minimum atomic E-state index is -4.77. The third-order valence-corrected chi connectivity index (χ3v) is 8.14. The first-order chi connectivity index (χ1) is 21.5. The van der Waals surface area contributed by atoms with Crippen molar-refractivity contribution in [3.05, 3.63) is 89.7 Å². The number of carbonyl (C=O) groups is 1. The SMILES string of the molecule is Cc1cccc(N2CCCS/C2=N\C(=O)NC(C#N)c2ccc(-c3ncn(-c4ccc(OC(F)(F)F)cc4)n3)cc2)c1C(C)C. The second kappa shape index (κ2) is 13.4. The smallest absolute Gasteiger partial charge is 0.406 e. The number of nitriles is 1. The summed E-state index contributed by atoms with van der Waals surface area (Å²) in [4.78, 5) is 23.8. The number of amides is 2. The molecule has 45 heavy (non-hydrogen) atoms. The van der Waals surface area contributed by atoms with Crippen molar-refractivity contribution in [2.75, 3.05) is 17.2 Å². The van der Waals surface area contributed by atoms with Gasteiger partial charge in [0.1, 0.15) is 18.1 Å². The number of rotatable bonds is 7. The van der Waals surface area contributed by atoms with Crippen LogP contribution in [-0.2, 0) is 0 Å². The van der Waals surface area contributed by atoms with Crippen molar-refractivity contribution in [3.8, 4) is 28.9 Å². The number of urea groups is 1. The van der Waals surface area contributed by atoms with Gasteiger partial charge in [-0.05, 0) is 66.3 Å². The van der Waals surface area contributed by atoms with Gasteiger partial charge < -0.3 is 15.0 Å². The number of aryl methyl sites for hydroxylation is 1. The Morgan fingerprint density at radius 1 is 1.11 bits per heavy atom. The minimum Gasteiger partial charge on any atom is -0.406 e. The van der Waals surface area contributed by atoms with Gasteiger partial charge in [-0.3, -0.25) is 0 Å². The second-order valence-electron chi connectivity index (χ2n) is 10.6. The molecule has 1 unspecified atom stereocenters. The highest BCUT2D eigenvalue weighted by Crippen LogP contribution is 2.34. The summed E-state index contributed by atoms with van der Waals surface area (Å²) in [6, 6.07) is 18.8. The number of hydrogen-bond acceptors (Lipinski definition) is 6. The molecule has 232 valence electrons. The number of nitrogens with zero attached hydrogens (tertiary/aromatic N) is 6. The molecular formula is C32H30F3N7O2S. The highest BCUT2D eigenvalue weighted by molar-refractivity contribution is 8.14. The van der Waals surface area contributed by atoms with Crippen molar-refractivity contribution in [1.29, 1.82) is 5.26 Å². The van der Waals surface area contributed by atoms with Crippen LogP contribution in [0.1, 0.15) is 48.9 Å². The molecule has 0 bridgehead atoms. The molecule has 1 saturated heterocycles. The predicted octanol–water partition coefficient (Wildman–Crippen LogP) is 7.54. The van der Waals surface area contributed by atoms with Crippen LogP contribution in [0, 0.1) is 18.3 Å². The zero-order valence-corrected chi connectivity index (χ0v) is 25.6. The summed E-state index contributed by atoms with van der Waals surface area (Å²) in [5.74, 6) is 1.17. The molecule has 9 nitrogen and oxygen atoms in total. The number of hydrogen-bond donors (Lipinski definition) is 1. The van der Waals surface area contributed by atoms with E-state index in [1.165, 1.54) is 58.2 Å². The first kappa shape index (κ1) is 31.6. The van der Waals surface area contributed by atoms with Gasteiger partial charge in [-0.15, -0.1) is 18.3 Å². The number of carbonyl (C=O) groups excluding carboxylic acids is 1. The fraction of sp³-hybridized carbons (Fsp3) is 0.281. The van der Waals surface area contributed by atoms with Crippen LogP contribution in [0.4, 0.5) is 23.7 Å². The van der Waals surface area contributed by atoms with Crippen molar-refractivity contribution in [3.63, 3.8) is 0 Å². The van der Waals surface area contributed by atoms with Crippen LogP contribution in [-0.4, -0.2) is 44.6 Å². The van der Waals surface area contributed by atoms with Gasteiger partial charge in [-0.1, -0.05) is 62.0 Å². The van der Waals surface area contributed by atoms with Crippen molar-refractivity contribution < 1.29 is 22.7 Å². The summed E-state index contributed by atoms with van der Waals surface area (Å²) >= 11 is 1.52. The highest BCUT2D eigenvalue weighted by Gasteiger charge is 2.31. The Kier molecular flexibility index (Phi) is 9.43. The van der Waals surface area contributed by atoms with E-state index in [4.69, 9.17) is 0 Å². The lowest BCUT2D eigenvalue weighted by atomic mass is 9.95. The molecule has 1 aliphatic heterocycles. The van der Waals surface area contributed by atoms with Gasteiger partial charge in [0.25, 0.3) is 0 Å². The van der Waals surface area contributed by atoms with E-state index >= 15 is 0 Å². The molecule has 2 heterocycles. The number of ether oxygens (including phenoxy) is 1. The molecule has 0 spiro atoms. The van der Waals surface area contributed by atoms with E-state index in [-0.39, 0.29) is 5.75 Å². The van der Waals surface area contributed by atoms with Crippen LogP contribution in [0.3, 0.4) is 0 Å². The monoisotopic (exact) mass is 633 g/mol. The Morgan fingerprint density at radius 3 is 2.51 bits per heavy atom. The van der Waals surface area contributed by atoms with E-state index in [9.17, 15) is 23.2 Å². The highest BCUT2D eigenvalue weighted by atomic mass is 32.2. The molecule has 0 aliphatic carbocycles. The number of nitrogens with one attached hydrogen (secondary N) is 1.